The van der Waals surface area contributed by atoms with Crippen molar-refractivity contribution in [1.82, 2.24) is 4.90 Å². The first kappa shape index (κ1) is 20.8. The Labute approximate surface area is 150 Å². The van der Waals surface area contributed by atoms with Crippen molar-refractivity contribution < 1.29 is 14.6 Å². The summed E-state index contributed by atoms with van der Waals surface area (Å²) >= 11 is 1.71. The van der Waals surface area contributed by atoms with Crippen molar-refractivity contribution in [1.29, 1.82) is 0 Å². The van der Waals surface area contributed by atoms with E-state index in [9.17, 15) is 4.79 Å². The van der Waals surface area contributed by atoms with Crippen molar-refractivity contribution in [3.05, 3.63) is 35.9 Å². The monoisotopic (exact) mass is 353 g/mol. The van der Waals surface area contributed by atoms with Crippen LogP contribution >= 0.6 is 11.8 Å². The van der Waals surface area contributed by atoms with Gasteiger partial charge >= 0.3 is 6.09 Å². The van der Waals surface area contributed by atoms with Gasteiger partial charge in [0.1, 0.15) is 5.60 Å². The normalized spacial score (nSPS) is 12.7. The van der Waals surface area contributed by atoms with Crippen LogP contribution in [0.1, 0.15) is 45.6 Å². The second kappa shape index (κ2) is 10.6. The van der Waals surface area contributed by atoms with Gasteiger partial charge in [0, 0.05) is 18.8 Å². The Morgan fingerprint density at radius 2 is 1.92 bits per heavy atom. The molecule has 1 rings (SSSR count). The van der Waals surface area contributed by atoms with Gasteiger partial charge in [0.2, 0.25) is 0 Å². The molecule has 0 radical (unpaired) electrons. The molecule has 136 valence electrons. The molecule has 0 saturated heterocycles. The van der Waals surface area contributed by atoms with E-state index in [0.717, 1.165) is 17.9 Å². The van der Waals surface area contributed by atoms with E-state index < -0.39 is 5.60 Å². The van der Waals surface area contributed by atoms with E-state index in [0.29, 0.717) is 13.1 Å². The molecule has 0 aromatic heterocycles. The predicted molar refractivity (Wildman–Crippen MR) is 102 cm³/mol. The second-order valence-electron chi connectivity index (χ2n) is 6.93. The molecule has 1 atom stereocenters. The Hall–Kier alpha value is -1.20. The zero-order valence-corrected chi connectivity index (χ0v) is 16.1. The largest absolute Gasteiger partial charge is 0.444 e. The van der Waals surface area contributed by atoms with Crippen molar-refractivity contribution in [3.8, 4) is 0 Å². The molecule has 0 saturated carbocycles. The number of hydrogen-bond donors (Lipinski definition) is 1. The Bertz CT molecular complexity index is 473. The number of carbonyl (C=O) groups excluding carboxylic acids is 1. The fraction of sp³-hybridized carbons (Fsp3) is 0.632. The summed E-state index contributed by atoms with van der Waals surface area (Å²) in [6, 6.07) is 10.2. The summed E-state index contributed by atoms with van der Waals surface area (Å²) in [6.07, 6.45) is 0.642. The lowest BCUT2D eigenvalue weighted by atomic mass is 10.0. The van der Waals surface area contributed by atoms with Gasteiger partial charge in [-0.3, -0.25) is 0 Å². The van der Waals surface area contributed by atoms with Gasteiger partial charge in [-0.1, -0.05) is 37.3 Å². The number of rotatable bonds is 9. The summed E-state index contributed by atoms with van der Waals surface area (Å²) in [6.45, 7) is 9.31. The third-order valence-electron chi connectivity index (χ3n) is 3.47. The number of ether oxygens (including phenoxy) is 1. The van der Waals surface area contributed by atoms with Gasteiger partial charge in [0.15, 0.2) is 0 Å². The maximum Gasteiger partial charge on any atom is 0.410 e. The van der Waals surface area contributed by atoms with E-state index in [4.69, 9.17) is 9.84 Å². The lowest BCUT2D eigenvalue weighted by Crippen LogP contribution is -2.39. The standard InChI is InChI=1S/C19H31NO3S/c1-16(17-9-6-5-7-10-17)15-20(11-8-13-24-14-12-21)18(22)23-19(2,3)4/h5-7,9-10,16,21H,8,11-15H2,1-4H3/t16-/m0/s1. The summed E-state index contributed by atoms with van der Waals surface area (Å²) in [4.78, 5) is 14.3. The van der Waals surface area contributed by atoms with Gasteiger partial charge < -0.3 is 14.7 Å². The molecule has 0 aliphatic carbocycles. The maximum absolute atomic E-state index is 12.5. The molecule has 0 aliphatic rings. The Morgan fingerprint density at radius 3 is 2.50 bits per heavy atom. The van der Waals surface area contributed by atoms with Gasteiger partial charge in [-0.15, -0.1) is 0 Å². The molecule has 1 N–H and O–H groups in total. The minimum Gasteiger partial charge on any atom is -0.444 e. The fourth-order valence-corrected chi connectivity index (χ4v) is 2.99. The quantitative estimate of drug-likeness (QED) is 0.678. The third kappa shape index (κ3) is 8.60. The van der Waals surface area contributed by atoms with Crippen LogP contribution in [0.25, 0.3) is 0 Å². The lowest BCUT2D eigenvalue weighted by Gasteiger charge is -2.29. The van der Waals surface area contributed by atoms with Gasteiger partial charge in [-0.25, -0.2) is 4.79 Å². The molecule has 1 amide bonds. The maximum atomic E-state index is 12.5. The molecule has 0 unspecified atom stereocenters. The van der Waals surface area contributed by atoms with E-state index >= 15 is 0 Å². The highest BCUT2D eigenvalue weighted by molar-refractivity contribution is 7.99. The van der Waals surface area contributed by atoms with Crippen molar-refractivity contribution in [2.24, 2.45) is 0 Å². The van der Waals surface area contributed by atoms with E-state index in [1.54, 1.807) is 11.8 Å². The molecular formula is C19H31NO3S. The van der Waals surface area contributed by atoms with Crippen molar-refractivity contribution in [2.75, 3.05) is 31.2 Å². The van der Waals surface area contributed by atoms with Crippen LogP contribution in [0.4, 0.5) is 4.79 Å². The van der Waals surface area contributed by atoms with Crippen LogP contribution < -0.4 is 0 Å². The van der Waals surface area contributed by atoms with Crippen molar-refractivity contribution >= 4 is 17.9 Å². The first-order valence-corrected chi connectivity index (χ1v) is 9.70. The molecule has 1 aromatic rings. The van der Waals surface area contributed by atoms with Crippen LogP contribution in [0.2, 0.25) is 0 Å². The molecule has 0 spiro atoms. The second-order valence-corrected chi connectivity index (χ2v) is 8.15. The van der Waals surface area contributed by atoms with Gasteiger partial charge in [0.05, 0.1) is 6.61 Å². The third-order valence-corrected chi connectivity index (χ3v) is 4.52. The Balaban J connectivity index is 2.63. The number of nitrogens with zero attached hydrogens (tertiary/aromatic N) is 1. The minimum absolute atomic E-state index is 0.200. The topological polar surface area (TPSA) is 49.8 Å². The minimum atomic E-state index is -0.489. The SMILES string of the molecule is C[C@@H](CN(CCCSCCO)C(=O)OC(C)(C)C)c1ccccc1. The molecule has 24 heavy (non-hydrogen) atoms. The molecule has 0 bridgehead atoms. The molecular weight excluding hydrogens is 322 g/mol. The van der Waals surface area contributed by atoms with Crippen molar-refractivity contribution in [3.63, 3.8) is 0 Å². The van der Waals surface area contributed by atoms with E-state index in [2.05, 4.69) is 19.1 Å². The molecule has 0 aliphatic heterocycles. The first-order valence-electron chi connectivity index (χ1n) is 8.55. The number of carbonyl (C=O) groups is 1. The summed E-state index contributed by atoms with van der Waals surface area (Å²) < 4.78 is 5.55. The van der Waals surface area contributed by atoms with Crippen LogP contribution in [0.5, 0.6) is 0 Å². The van der Waals surface area contributed by atoms with Crippen LogP contribution in [-0.4, -0.2) is 52.9 Å². The predicted octanol–water partition coefficient (Wildman–Crippen LogP) is 4.14. The van der Waals surface area contributed by atoms with Crippen LogP contribution in [0.15, 0.2) is 30.3 Å². The van der Waals surface area contributed by atoms with Gasteiger partial charge in [0.25, 0.3) is 0 Å². The molecule has 0 fully saturated rings. The van der Waals surface area contributed by atoms with E-state index in [-0.39, 0.29) is 18.6 Å². The zero-order chi connectivity index (χ0) is 18.0. The Morgan fingerprint density at radius 1 is 1.25 bits per heavy atom. The number of amides is 1. The van der Waals surface area contributed by atoms with Crippen LogP contribution in [0, 0.1) is 0 Å². The van der Waals surface area contributed by atoms with Crippen molar-refractivity contribution in [2.45, 2.75) is 45.6 Å². The number of aliphatic hydroxyl groups is 1. The number of hydrogen-bond acceptors (Lipinski definition) is 4. The number of benzene rings is 1. The fourth-order valence-electron chi connectivity index (χ4n) is 2.33. The number of aliphatic hydroxyl groups excluding tert-OH is 1. The summed E-state index contributed by atoms with van der Waals surface area (Å²) in [5.74, 6) is 1.93. The summed E-state index contributed by atoms with van der Waals surface area (Å²) in [5.41, 5.74) is 0.734. The highest BCUT2D eigenvalue weighted by Crippen LogP contribution is 2.19. The molecule has 1 aromatic carbocycles. The number of thioether (sulfide) groups is 1. The Kier molecular flexibility index (Phi) is 9.22. The van der Waals surface area contributed by atoms with Gasteiger partial charge in [-0.05, 0) is 44.4 Å². The average Bonchev–Trinajstić information content (AvgIpc) is 2.52. The lowest BCUT2D eigenvalue weighted by molar-refractivity contribution is 0.0241. The highest BCUT2D eigenvalue weighted by Gasteiger charge is 2.23. The zero-order valence-electron chi connectivity index (χ0n) is 15.3. The van der Waals surface area contributed by atoms with E-state index in [1.165, 1.54) is 5.56 Å². The molecule has 4 nitrogen and oxygen atoms in total. The van der Waals surface area contributed by atoms with Gasteiger partial charge in [-0.2, -0.15) is 11.8 Å². The molecule has 0 heterocycles. The smallest absolute Gasteiger partial charge is 0.410 e. The highest BCUT2D eigenvalue weighted by atomic mass is 32.2. The van der Waals surface area contributed by atoms with E-state index in [1.807, 2.05) is 43.9 Å². The van der Waals surface area contributed by atoms with Crippen LogP contribution in [0.3, 0.4) is 0 Å². The van der Waals surface area contributed by atoms with Crippen LogP contribution in [-0.2, 0) is 4.74 Å². The summed E-state index contributed by atoms with van der Waals surface area (Å²) in [7, 11) is 0. The molecule has 5 heteroatoms. The summed E-state index contributed by atoms with van der Waals surface area (Å²) in [5, 5.41) is 8.83. The first-order chi connectivity index (χ1) is 11.3. The average molecular weight is 354 g/mol.